The summed E-state index contributed by atoms with van der Waals surface area (Å²) in [5.41, 5.74) is -1.48. The van der Waals surface area contributed by atoms with E-state index in [0.717, 1.165) is 0 Å². The van der Waals surface area contributed by atoms with Crippen molar-refractivity contribution in [1.82, 2.24) is 0 Å². The zero-order valence-electron chi connectivity index (χ0n) is 10.1. The fraction of sp³-hybridized carbons (Fsp3) is 0.500. The van der Waals surface area contributed by atoms with Crippen LogP contribution in [0.1, 0.15) is 5.56 Å². The summed E-state index contributed by atoms with van der Waals surface area (Å²) >= 11 is 0. The van der Waals surface area contributed by atoms with Gasteiger partial charge in [0.15, 0.2) is 6.29 Å². The molecule has 6 N–H and O–H groups in total. The van der Waals surface area contributed by atoms with Crippen LogP contribution < -0.4 is 5.90 Å². The van der Waals surface area contributed by atoms with Crippen molar-refractivity contribution < 1.29 is 30.0 Å². The molecule has 0 radical (unpaired) electrons. The average Bonchev–Trinajstić information content (AvgIpc) is 2.75. The molecule has 0 aromatic heterocycles. The lowest BCUT2D eigenvalue weighted by Gasteiger charge is -2.34. The maximum atomic E-state index is 10.6. The molecule has 0 aliphatic carbocycles. The first-order valence-corrected chi connectivity index (χ1v) is 5.80. The van der Waals surface area contributed by atoms with Crippen LogP contribution in [0.15, 0.2) is 30.3 Å². The lowest BCUT2D eigenvalue weighted by atomic mass is 9.85. The van der Waals surface area contributed by atoms with E-state index in [4.69, 9.17) is 10.6 Å². The second-order valence-electron chi connectivity index (χ2n) is 4.49. The number of benzene rings is 1. The zero-order chi connectivity index (χ0) is 14.0. The molecule has 2 rings (SSSR count). The Morgan fingerprint density at radius 2 is 1.89 bits per heavy atom. The van der Waals surface area contributed by atoms with E-state index in [9.17, 15) is 20.4 Å². The summed E-state index contributed by atoms with van der Waals surface area (Å²) in [5.74, 6) is 5.06. The Kier molecular flexibility index (Phi) is 4.16. The number of hydrogen-bond donors (Lipinski definition) is 5. The minimum Gasteiger partial charge on any atom is -0.393 e. The number of aliphatic hydroxyl groups excluding tert-OH is 3. The molecule has 1 aliphatic heterocycles. The average molecular weight is 271 g/mol. The molecular weight excluding hydrogens is 254 g/mol. The normalized spacial score (nSPS) is 34.2. The van der Waals surface area contributed by atoms with Gasteiger partial charge in [-0.05, 0) is 5.56 Å². The second-order valence-corrected chi connectivity index (χ2v) is 4.49. The molecule has 1 unspecified atom stereocenters. The van der Waals surface area contributed by atoms with Crippen LogP contribution in [0.25, 0.3) is 0 Å². The minimum atomic E-state index is -1.84. The summed E-state index contributed by atoms with van der Waals surface area (Å²) in [5, 5.41) is 39.2. The number of ether oxygens (including phenoxy) is 1. The Labute approximate surface area is 109 Å². The predicted molar refractivity (Wildman–Crippen MR) is 63.4 cm³/mol. The molecule has 5 atom stereocenters. The smallest absolute Gasteiger partial charge is 0.184 e. The maximum absolute atomic E-state index is 10.6. The molecule has 1 aromatic rings. The van der Waals surface area contributed by atoms with E-state index in [1.165, 1.54) is 0 Å². The number of hydrogen-bond acceptors (Lipinski definition) is 7. The van der Waals surface area contributed by atoms with Crippen molar-refractivity contribution >= 4 is 0 Å². The van der Waals surface area contributed by atoms with Gasteiger partial charge in [0.2, 0.25) is 0 Å². The number of nitrogens with two attached hydrogens (primary N) is 1. The molecule has 106 valence electrons. The summed E-state index contributed by atoms with van der Waals surface area (Å²) < 4.78 is 5.08. The van der Waals surface area contributed by atoms with Crippen molar-refractivity contribution in [2.45, 2.75) is 30.2 Å². The molecule has 0 bridgehead atoms. The first-order chi connectivity index (χ1) is 9.04. The van der Waals surface area contributed by atoms with E-state index in [0.29, 0.717) is 5.56 Å². The van der Waals surface area contributed by atoms with Crippen molar-refractivity contribution in [1.29, 1.82) is 0 Å². The molecule has 7 heteroatoms. The van der Waals surface area contributed by atoms with Crippen LogP contribution in [0.4, 0.5) is 0 Å². The SMILES string of the molecule is NO[C@H]1[C@H](O)C(O)O[C@@H]1[C@](O)(CO)c1ccccc1. The van der Waals surface area contributed by atoms with E-state index >= 15 is 0 Å². The third-order valence-corrected chi connectivity index (χ3v) is 3.36. The molecule has 0 saturated carbocycles. The summed E-state index contributed by atoms with van der Waals surface area (Å²) in [4.78, 5) is 4.57. The quantitative estimate of drug-likeness (QED) is 0.409. The Bertz CT molecular complexity index is 416. The van der Waals surface area contributed by atoms with Gasteiger partial charge >= 0.3 is 0 Å². The van der Waals surface area contributed by atoms with Gasteiger partial charge in [-0.25, -0.2) is 5.90 Å². The van der Waals surface area contributed by atoms with Crippen molar-refractivity contribution in [3.8, 4) is 0 Å². The van der Waals surface area contributed by atoms with Gasteiger partial charge in [-0.2, -0.15) is 0 Å². The van der Waals surface area contributed by atoms with E-state index in [2.05, 4.69) is 4.84 Å². The molecule has 19 heavy (non-hydrogen) atoms. The molecule has 1 heterocycles. The molecule has 1 aromatic carbocycles. The van der Waals surface area contributed by atoms with Crippen LogP contribution in [-0.2, 0) is 15.2 Å². The largest absolute Gasteiger partial charge is 0.393 e. The van der Waals surface area contributed by atoms with Crippen molar-refractivity contribution in [2.24, 2.45) is 5.90 Å². The van der Waals surface area contributed by atoms with Gasteiger partial charge in [-0.3, -0.25) is 4.84 Å². The molecule has 0 spiro atoms. The first kappa shape index (κ1) is 14.4. The number of rotatable bonds is 4. The Balaban J connectivity index is 2.36. The summed E-state index contributed by atoms with van der Waals surface area (Å²) in [7, 11) is 0. The Morgan fingerprint density at radius 3 is 2.42 bits per heavy atom. The third kappa shape index (κ3) is 2.37. The monoisotopic (exact) mass is 271 g/mol. The lowest BCUT2D eigenvalue weighted by Crippen LogP contribution is -2.51. The Hall–Kier alpha value is -1.06. The van der Waals surface area contributed by atoms with Gasteiger partial charge in [0.25, 0.3) is 0 Å². The molecule has 1 saturated heterocycles. The van der Waals surface area contributed by atoms with Crippen LogP contribution >= 0.6 is 0 Å². The van der Waals surface area contributed by atoms with Crippen LogP contribution in [-0.4, -0.2) is 51.6 Å². The highest BCUT2D eigenvalue weighted by Crippen LogP contribution is 2.35. The van der Waals surface area contributed by atoms with Crippen molar-refractivity contribution in [2.75, 3.05) is 6.61 Å². The lowest BCUT2D eigenvalue weighted by molar-refractivity contribution is -0.192. The predicted octanol–water partition coefficient (Wildman–Crippen LogP) is -1.80. The maximum Gasteiger partial charge on any atom is 0.184 e. The van der Waals surface area contributed by atoms with Gasteiger partial charge in [0.05, 0.1) is 6.61 Å². The van der Waals surface area contributed by atoms with Crippen molar-refractivity contribution in [3.63, 3.8) is 0 Å². The van der Waals surface area contributed by atoms with Crippen LogP contribution in [0.5, 0.6) is 0 Å². The topological polar surface area (TPSA) is 125 Å². The van der Waals surface area contributed by atoms with Gasteiger partial charge < -0.3 is 25.2 Å². The van der Waals surface area contributed by atoms with Crippen LogP contribution in [0.3, 0.4) is 0 Å². The van der Waals surface area contributed by atoms with Gasteiger partial charge in [-0.1, -0.05) is 30.3 Å². The highest BCUT2D eigenvalue weighted by molar-refractivity contribution is 5.25. The molecule has 7 nitrogen and oxygen atoms in total. The highest BCUT2D eigenvalue weighted by Gasteiger charge is 2.54. The molecular formula is C12H17NO6. The Morgan fingerprint density at radius 1 is 1.26 bits per heavy atom. The fourth-order valence-corrected chi connectivity index (χ4v) is 2.26. The second kappa shape index (κ2) is 5.51. The van der Waals surface area contributed by atoms with Gasteiger partial charge in [0.1, 0.15) is 23.9 Å². The van der Waals surface area contributed by atoms with E-state index in [-0.39, 0.29) is 0 Å². The fourth-order valence-electron chi connectivity index (χ4n) is 2.26. The van der Waals surface area contributed by atoms with Gasteiger partial charge in [-0.15, -0.1) is 0 Å². The van der Waals surface area contributed by atoms with Crippen LogP contribution in [0, 0.1) is 0 Å². The van der Waals surface area contributed by atoms with E-state index in [1.807, 2.05) is 0 Å². The summed E-state index contributed by atoms with van der Waals surface area (Å²) in [6.45, 7) is -0.680. The molecule has 1 aliphatic rings. The first-order valence-electron chi connectivity index (χ1n) is 5.80. The highest BCUT2D eigenvalue weighted by atomic mass is 16.7. The van der Waals surface area contributed by atoms with E-state index < -0.39 is 36.8 Å². The van der Waals surface area contributed by atoms with Crippen LogP contribution in [0.2, 0.25) is 0 Å². The third-order valence-electron chi connectivity index (χ3n) is 3.36. The number of aliphatic hydroxyl groups is 4. The zero-order valence-corrected chi connectivity index (χ0v) is 10.1. The standard InChI is InChI=1S/C12H17NO6/c13-19-9-8(15)11(16)18-10(9)12(17,6-14)7-4-2-1-3-5-7/h1-5,8-11,14-17H,6,13H2/t8-,9-,10-,11?,12-/m0/s1. The summed E-state index contributed by atoms with van der Waals surface area (Å²) in [6.07, 6.45) is -5.31. The minimum absolute atomic E-state index is 0.367. The molecule has 1 fully saturated rings. The van der Waals surface area contributed by atoms with Crippen molar-refractivity contribution in [3.05, 3.63) is 35.9 Å². The van der Waals surface area contributed by atoms with E-state index in [1.54, 1.807) is 30.3 Å². The molecule has 0 amide bonds. The van der Waals surface area contributed by atoms with Gasteiger partial charge in [0, 0.05) is 0 Å². The summed E-state index contributed by atoms with van der Waals surface area (Å²) in [6, 6.07) is 8.28.